The highest BCUT2D eigenvalue weighted by molar-refractivity contribution is 5.24. The van der Waals surface area contributed by atoms with Gasteiger partial charge in [-0.15, -0.1) is 0 Å². The number of anilines is 1. The summed E-state index contributed by atoms with van der Waals surface area (Å²) in [6.45, 7) is 8.16. The lowest BCUT2D eigenvalue weighted by molar-refractivity contribution is 0.313. The van der Waals surface area contributed by atoms with E-state index in [-0.39, 0.29) is 0 Å². The van der Waals surface area contributed by atoms with Crippen LogP contribution in [0.4, 0.5) is 5.95 Å². The van der Waals surface area contributed by atoms with E-state index in [0.717, 1.165) is 38.2 Å². The van der Waals surface area contributed by atoms with Gasteiger partial charge in [0.05, 0.1) is 0 Å². The van der Waals surface area contributed by atoms with E-state index >= 15 is 0 Å². The van der Waals surface area contributed by atoms with Gasteiger partial charge in [-0.25, -0.2) is 0 Å². The van der Waals surface area contributed by atoms with E-state index in [1.54, 1.807) is 0 Å². The summed E-state index contributed by atoms with van der Waals surface area (Å²) in [6, 6.07) is 0. The number of aromatic nitrogens is 2. The van der Waals surface area contributed by atoms with Crippen LogP contribution in [0.2, 0.25) is 0 Å². The quantitative estimate of drug-likeness (QED) is 0.769. The topological polar surface area (TPSA) is 68.2 Å². The van der Waals surface area contributed by atoms with Crippen molar-refractivity contribution in [3.63, 3.8) is 0 Å². The minimum Gasteiger partial charge on any atom is -0.342 e. The average molecular weight is 254 g/mol. The molecule has 0 saturated carbocycles. The van der Waals surface area contributed by atoms with Crippen molar-refractivity contribution in [1.82, 2.24) is 10.1 Å². The van der Waals surface area contributed by atoms with Crippen molar-refractivity contribution in [2.45, 2.75) is 40.0 Å². The molecule has 0 spiro atoms. The first-order chi connectivity index (χ1) is 8.58. The van der Waals surface area contributed by atoms with Crippen molar-refractivity contribution >= 4 is 5.95 Å². The van der Waals surface area contributed by atoms with Crippen LogP contribution in [0.15, 0.2) is 4.52 Å². The molecule has 0 aliphatic rings. The maximum Gasteiger partial charge on any atom is 0.265 e. The molecule has 0 aromatic carbocycles. The van der Waals surface area contributed by atoms with Gasteiger partial charge in [0.2, 0.25) is 5.89 Å². The molecule has 1 aromatic heterocycles. The molecule has 1 atom stereocenters. The van der Waals surface area contributed by atoms with Crippen molar-refractivity contribution in [2.75, 3.05) is 25.0 Å². The maximum atomic E-state index is 5.64. The minimum atomic E-state index is 0.634. The number of hydrogen-bond acceptors (Lipinski definition) is 5. The molecule has 0 amide bonds. The highest BCUT2D eigenvalue weighted by Crippen LogP contribution is 2.21. The van der Waals surface area contributed by atoms with E-state index in [2.05, 4.69) is 30.9 Å². The molecule has 0 saturated heterocycles. The zero-order chi connectivity index (χ0) is 13.5. The molecule has 2 N–H and O–H groups in total. The second-order valence-electron chi connectivity index (χ2n) is 5.12. The first-order valence-corrected chi connectivity index (χ1v) is 6.82. The summed E-state index contributed by atoms with van der Waals surface area (Å²) in [5.74, 6) is 2.68. The molecule has 1 aromatic rings. The van der Waals surface area contributed by atoms with Crippen LogP contribution in [0.25, 0.3) is 0 Å². The van der Waals surface area contributed by atoms with Crippen LogP contribution >= 0.6 is 0 Å². The fourth-order valence-electron chi connectivity index (χ4n) is 1.98. The van der Waals surface area contributed by atoms with Crippen LogP contribution in [0.3, 0.4) is 0 Å². The van der Waals surface area contributed by atoms with Gasteiger partial charge in [0, 0.05) is 20.0 Å². The molecule has 1 unspecified atom stereocenters. The summed E-state index contributed by atoms with van der Waals surface area (Å²) >= 11 is 0. The third-order valence-corrected chi connectivity index (χ3v) is 3.48. The van der Waals surface area contributed by atoms with E-state index < -0.39 is 0 Å². The Balaban J connectivity index is 2.49. The molecule has 0 aliphatic carbocycles. The van der Waals surface area contributed by atoms with Gasteiger partial charge in [0.1, 0.15) is 0 Å². The van der Waals surface area contributed by atoms with Crippen molar-refractivity contribution in [3.8, 4) is 0 Å². The molecule has 18 heavy (non-hydrogen) atoms. The van der Waals surface area contributed by atoms with Gasteiger partial charge < -0.3 is 15.2 Å². The summed E-state index contributed by atoms with van der Waals surface area (Å²) in [6.07, 6.45) is 2.97. The van der Waals surface area contributed by atoms with Crippen molar-refractivity contribution in [3.05, 3.63) is 5.89 Å². The Morgan fingerprint density at radius 2 is 2.06 bits per heavy atom. The standard InChI is InChI=1S/C13H26N4O/c1-5-17(4)13-15-12(18-16-13)7-6-11(8-9-14)10(2)3/h10-11H,5-9,14H2,1-4H3. The van der Waals surface area contributed by atoms with Crippen molar-refractivity contribution in [1.29, 1.82) is 0 Å². The highest BCUT2D eigenvalue weighted by Gasteiger charge is 2.15. The summed E-state index contributed by atoms with van der Waals surface area (Å²) in [4.78, 5) is 6.35. The molecule has 1 heterocycles. The Morgan fingerprint density at radius 1 is 1.33 bits per heavy atom. The fraction of sp³-hybridized carbons (Fsp3) is 0.846. The number of nitrogens with two attached hydrogens (primary N) is 1. The van der Waals surface area contributed by atoms with E-state index in [4.69, 9.17) is 10.3 Å². The molecular weight excluding hydrogens is 228 g/mol. The predicted octanol–water partition coefficient (Wildman–Crippen LogP) is 2.08. The summed E-state index contributed by atoms with van der Waals surface area (Å²) in [5, 5.41) is 3.97. The van der Waals surface area contributed by atoms with Gasteiger partial charge in [-0.3, -0.25) is 0 Å². The zero-order valence-electron chi connectivity index (χ0n) is 12.0. The lowest BCUT2D eigenvalue weighted by Gasteiger charge is -2.18. The molecule has 1 rings (SSSR count). The van der Waals surface area contributed by atoms with Gasteiger partial charge in [0.25, 0.3) is 5.95 Å². The number of aryl methyl sites for hydroxylation is 1. The molecule has 0 radical (unpaired) electrons. The fourth-order valence-corrected chi connectivity index (χ4v) is 1.98. The van der Waals surface area contributed by atoms with E-state index in [1.165, 1.54) is 0 Å². The number of hydrogen-bond donors (Lipinski definition) is 1. The van der Waals surface area contributed by atoms with Crippen LogP contribution in [0, 0.1) is 11.8 Å². The van der Waals surface area contributed by atoms with Crippen molar-refractivity contribution < 1.29 is 4.52 Å². The first kappa shape index (κ1) is 15.0. The predicted molar refractivity (Wildman–Crippen MR) is 73.6 cm³/mol. The van der Waals surface area contributed by atoms with Gasteiger partial charge in [-0.1, -0.05) is 13.8 Å². The van der Waals surface area contributed by atoms with Gasteiger partial charge in [-0.05, 0) is 43.3 Å². The Labute approximate surface area is 110 Å². The minimum absolute atomic E-state index is 0.634. The smallest absolute Gasteiger partial charge is 0.265 e. The third-order valence-electron chi connectivity index (χ3n) is 3.48. The van der Waals surface area contributed by atoms with Gasteiger partial charge >= 0.3 is 0 Å². The largest absolute Gasteiger partial charge is 0.342 e. The number of nitrogens with zero attached hydrogens (tertiary/aromatic N) is 3. The van der Waals surface area contributed by atoms with E-state index in [1.807, 2.05) is 11.9 Å². The third kappa shape index (κ3) is 4.29. The first-order valence-electron chi connectivity index (χ1n) is 6.82. The zero-order valence-corrected chi connectivity index (χ0v) is 12.0. The van der Waals surface area contributed by atoms with Crippen LogP contribution in [-0.2, 0) is 6.42 Å². The SMILES string of the molecule is CCN(C)c1noc(CCC(CCN)C(C)C)n1. The average Bonchev–Trinajstić information content (AvgIpc) is 2.81. The van der Waals surface area contributed by atoms with E-state index in [9.17, 15) is 0 Å². The molecule has 5 nitrogen and oxygen atoms in total. The maximum absolute atomic E-state index is 5.64. The monoisotopic (exact) mass is 254 g/mol. The van der Waals surface area contributed by atoms with E-state index in [0.29, 0.717) is 17.8 Å². The van der Waals surface area contributed by atoms with Crippen LogP contribution in [0.1, 0.15) is 39.5 Å². The Morgan fingerprint density at radius 3 is 2.61 bits per heavy atom. The molecule has 0 bridgehead atoms. The Hall–Kier alpha value is -1.10. The normalized spacial score (nSPS) is 13.0. The second-order valence-corrected chi connectivity index (χ2v) is 5.12. The van der Waals surface area contributed by atoms with Crippen LogP contribution < -0.4 is 10.6 Å². The summed E-state index contributed by atoms with van der Waals surface area (Å²) in [7, 11) is 1.96. The highest BCUT2D eigenvalue weighted by atomic mass is 16.5. The Kier molecular flexibility index (Phi) is 6.12. The molecule has 0 aliphatic heterocycles. The van der Waals surface area contributed by atoms with Gasteiger partial charge in [-0.2, -0.15) is 4.98 Å². The van der Waals surface area contributed by atoms with Crippen LogP contribution in [-0.4, -0.2) is 30.3 Å². The molecule has 5 heteroatoms. The lowest BCUT2D eigenvalue weighted by atomic mass is 9.88. The molecule has 104 valence electrons. The van der Waals surface area contributed by atoms with Gasteiger partial charge in [0.15, 0.2) is 0 Å². The summed E-state index contributed by atoms with van der Waals surface area (Å²) < 4.78 is 5.26. The van der Waals surface area contributed by atoms with Crippen molar-refractivity contribution in [2.24, 2.45) is 17.6 Å². The summed E-state index contributed by atoms with van der Waals surface area (Å²) in [5.41, 5.74) is 5.64. The lowest BCUT2D eigenvalue weighted by Crippen LogP contribution is -2.17. The molecule has 0 fully saturated rings. The molecular formula is C13H26N4O. The van der Waals surface area contributed by atoms with Crippen LogP contribution in [0.5, 0.6) is 0 Å². The Bertz CT molecular complexity index is 337. The number of rotatable bonds is 8. The second kappa shape index (κ2) is 7.36.